The first-order valence-corrected chi connectivity index (χ1v) is 9.55. The highest BCUT2D eigenvalue weighted by Crippen LogP contribution is 2.48. The molecule has 0 heterocycles. The van der Waals surface area contributed by atoms with E-state index >= 15 is 0 Å². The zero-order chi connectivity index (χ0) is 22.6. The minimum absolute atomic E-state index is 0.0382. The summed E-state index contributed by atoms with van der Waals surface area (Å²) in [6.07, 6.45) is 5.80. The van der Waals surface area contributed by atoms with Crippen LogP contribution in [-0.2, 0) is 11.2 Å². The molecule has 4 heteroatoms. The molecule has 148 valence electrons. The molecule has 0 fully saturated rings. The van der Waals surface area contributed by atoms with Crippen molar-refractivity contribution in [3.8, 4) is 11.5 Å². The van der Waals surface area contributed by atoms with Gasteiger partial charge in [-0.15, -0.1) is 0 Å². The fraction of sp³-hybridized carbons (Fsp3) is 0.522. The van der Waals surface area contributed by atoms with E-state index in [0.717, 1.165) is 24.8 Å². The summed E-state index contributed by atoms with van der Waals surface area (Å²) >= 11 is 0. The molecule has 0 amide bonds. The normalized spacial score (nSPS) is 21.6. The third kappa shape index (κ3) is 4.55. The second-order valence-corrected chi connectivity index (χ2v) is 7.35. The molecule has 1 aliphatic rings. The van der Waals surface area contributed by atoms with Crippen LogP contribution in [0.4, 0.5) is 0 Å². The molecule has 0 spiro atoms. The van der Waals surface area contributed by atoms with Crippen LogP contribution in [0.25, 0.3) is 0 Å². The highest BCUT2D eigenvalue weighted by atomic mass is 16.5. The van der Waals surface area contributed by atoms with Crippen molar-refractivity contribution in [2.24, 2.45) is 5.92 Å². The van der Waals surface area contributed by atoms with Crippen molar-refractivity contribution >= 4 is 5.97 Å². The number of rotatable bonds is 7. The van der Waals surface area contributed by atoms with Crippen LogP contribution in [0.1, 0.15) is 84.3 Å². The van der Waals surface area contributed by atoms with Gasteiger partial charge in [0.25, 0.3) is 0 Å². The van der Waals surface area contributed by atoms with Crippen LogP contribution in [0.2, 0.25) is 0 Å². The van der Waals surface area contributed by atoms with Crippen LogP contribution in [0.3, 0.4) is 0 Å². The van der Waals surface area contributed by atoms with Gasteiger partial charge in [0.2, 0.25) is 0 Å². The summed E-state index contributed by atoms with van der Waals surface area (Å²) in [7, 11) is 1.24. The number of hydrogen-bond donors (Lipinski definition) is 2. The molecule has 0 aromatic heterocycles. The summed E-state index contributed by atoms with van der Waals surface area (Å²) in [6, 6.07) is 1.50. The van der Waals surface area contributed by atoms with E-state index in [1.807, 2.05) is 6.92 Å². The summed E-state index contributed by atoms with van der Waals surface area (Å²) < 4.78 is 28.2. The molecule has 0 radical (unpaired) electrons. The summed E-state index contributed by atoms with van der Waals surface area (Å²) in [6.45, 7) is 5.67. The molecule has 27 heavy (non-hydrogen) atoms. The maximum atomic E-state index is 12.5. The molecule has 0 bridgehead atoms. The van der Waals surface area contributed by atoms with Gasteiger partial charge in [0.1, 0.15) is 17.1 Å². The fourth-order valence-electron chi connectivity index (χ4n) is 3.89. The van der Waals surface area contributed by atoms with Crippen molar-refractivity contribution in [3.63, 3.8) is 0 Å². The Hall–Kier alpha value is -2.23. The number of allylic oxidation sites excluding steroid dienone is 3. The molecule has 1 aromatic carbocycles. The zero-order valence-corrected chi connectivity index (χ0v) is 16.5. The van der Waals surface area contributed by atoms with Gasteiger partial charge in [-0.3, -0.25) is 0 Å². The molecule has 2 rings (SSSR count). The lowest BCUT2D eigenvalue weighted by atomic mass is 9.73. The van der Waals surface area contributed by atoms with Crippen molar-refractivity contribution < 1.29 is 23.9 Å². The second kappa shape index (κ2) is 9.12. The lowest BCUT2D eigenvalue weighted by molar-refractivity contribution is 0.0595. The summed E-state index contributed by atoms with van der Waals surface area (Å²) in [5.74, 6) is -1.93. The van der Waals surface area contributed by atoms with E-state index in [1.165, 1.54) is 13.2 Å². The Labute approximate surface area is 166 Å². The number of ether oxygens (including phenoxy) is 1. The number of aryl methyl sites for hydroxylation is 1. The van der Waals surface area contributed by atoms with Crippen LogP contribution in [0.5, 0.6) is 11.5 Å². The Bertz CT molecular complexity index is 840. The molecule has 2 unspecified atom stereocenters. The standard InChI is InChI=1S/C23H32O4/c1-6-7-8-9-16-13-19(24)21(22(25)20(16)23(26)27-5)18-12-15(4)10-11-17(18)14(2)3/h12-13,17-18,24-25H,2,6-11H2,1,3-5H3/i4D3. The topological polar surface area (TPSA) is 66.8 Å². The Morgan fingerprint density at radius 2 is 2.15 bits per heavy atom. The summed E-state index contributed by atoms with van der Waals surface area (Å²) in [5.41, 5.74) is 1.83. The SMILES string of the molecule is [2H]C([2H])([2H])C1=CC(c2c(O)cc(CCCCC)c(C(=O)OC)c2O)C(C(=C)C)CC1. The van der Waals surface area contributed by atoms with Gasteiger partial charge < -0.3 is 14.9 Å². The third-order valence-corrected chi connectivity index (χ3v) is 5.34. The number of hydrogen-bond acceptors (Lipinski definition) is 4. The first-order chi connectivity index (χ1) is 14.0. The van der Waals surface area contributed by atoms with Crippen LogP contribution >= 0.6 is 0 Å². The smallest absolute Gasteiger partial charge is 0.341 e. The number of esters is 1. The Morgan fingerprint density at radius 3 is 2.74 bits per heavy atom. The van der Waals surface area contributed by atoms with Crippen LogP contribution < -0.4 is 0 Å². The molecule has 4 nitrogen and oxygen atoms in total. The van der Waals surface area contributed by atoms with Crippen molar-refractivity contribution in [1.29, 1.82) is 0 Å². The van der Waals surface area contributed by atoms with E-state index in [1.54, 1.807) is 6.08 Å². The Kier molecular flexibility index (Phi) is 5.71. The number of unbranched alkanes of at least 4 members (excludes halogenated alkanes) is 2. The van der Waals surface area contributed by atoms with Gasteiger partial charge in [-0.1, -0.05) is 43.6 Å². The maximum absolute atomic E-state index is 12.5. The molecule has 1 aliphatic carbocycles. The van der Waals surface area contributed by atoms with Crippen molar-refractivity contribution in [2.45, 2.75) is 65.1 Å². The monoisotopic (exact) mass is 375 g/mol. The zero-order valence-electron chi connectivity index (χ0n) is 19.5. The Morgan fingerprint density at radius 1 is 1.41 bits per heavy atom. The van der Waals surface area contributed by atoms with Crippen molar-refractivity contribution in [1.82, 2.24) is 0 Å². The third-order valence-electron chi connectivity index (χ3n) is 5.34. The largest absolute Gasteiger partial charge is 0.507 e. The van der Waals surface area contributed by atoms with E-state index in [9.17, 15) is 15.0 Å². The first-order valence-electron chi connectivity index (χ1n) is 11.0. The molecule has 0 saturated heterocycles. The number of carbonyl (C=O) groups is 1. The average molecular weight is 376 g/mol. The quantitative estimate of drug-likeness (QED) is 0.368. The van der Waals surface area contributed by atoms with E-state index < -0.39 is 18.7 Å². The maximum Gasteiger partial charge on any atom is 0.341 e. The molecule has 0 saturated carbocycles. The number of phenolic OH excluding ortho intramolecular Hbond substituents is 2. The highest BCUT2D eigenvalue weighted by Gasteiger charge is 2.33. The van der Waals surface area contributed by atoms with Gasteiger partial charge in [0.15, 0.2) is 0 Å². The van der Waals surface area contributed by atoms with Crippen molar-refractivity contribution in [2.75, 3.05) is 7.11 Å². The molecule has 0 aliphatic heterocycles. The van der Waals surface area contributed by atoms with Crippen LogP contribution in [0, 0.1) is 5.92 Å². The average Bonchev–Trinajstić information content (AvgIpc) is 2.66. The van der Waals surface area contributed by atoms with E-state index in [-0.39, 0.29) is 34.1 Å². The van der Waals surface area contributed by atoms with Gasteiger partial charge in [-0.05, 0) is 57.0 Å². The fourth-order valence-corrected chi connectivity index (χ4v) is 3.89. The van der Waals surface area contributed by atoms with Gasteiger partial charge in [-0.2, -0.15) is 0 Å². The molecule has 2 atom stereocenters. The number of aromatic hydroxyl groups is 2. The van der Waals surface area contributed by atoms with Crippen LogP contribution in [-0.4, -0.2) is 23.3 Å². The molecular formula is C23H32O4. The minimum Gasteiger partial charge on any atom is -0.507 e. The first kappa shape index (κ1) is 16.9. The minimum atomic E-state index is -2.26. The summed E-state index contributed by atoms with van der Waals surface area (Å²) in [4.78, 5) is 12.5. The number of phenols is 2. The molecule has 2 N–H and O–H groups in total. The molecule has 1 aromatic rings. The van der Waals surface area contributed by atoms with Gasteiger partial charge >= 0.3 is 5.97 Å². The number of carbonyl (C=O) groups excluding carboxylic acids is 1. The number of benzene rings is 1. The lowest BCUT2D eigenvalue weighted by Gasteiger charge is -2.32. The predicted octanol–water partition coefficient (Wildman–Crippen LogP) is 5.63. The predicted molar refractivity (Wildman–Crippen MR) is 108 cm³/mol. The highest BCUT2D eigenvalue weighted by molar-refractivity contribution is 5.95. The summed E-state index contributed by atoms with van der Waals surface area (Å²) in [5, 5.41) is 21.9. The van der Waals surface area contributed by atoms with Crippen LogP contribution in [0.15, 0.2) is 29.9 Å². The van der Waals surface area contributed by atoms with Gasteiger partial charge in [0, 0.05) is 15.6 Å². The number of methoxy groups -OCH3 is 1. The Balaban J connectivity index is 2.68. The van der Waals surface area contributed by atoms with E-state index in [0.29, 0.717) is 24.8 Å². The molecular weight excluding hydrogens is 340 g/mol. The van der Waals surface area contributed by atoms with Gasteiger partial charge in [-0.25, -0.2) is 4.79 Å². The van der Waals surface area contributed by atoms with Crippen molar-refractivity contribution in [3.05, 3.63) is 46.6 Å². The van der Waals surface area contributed by atoms with E-state index in [4.69, 9.17) is 8.85 Å². The lowest BCUT2D eigenvalue weighted by Crippen LogP contribution is -2.18. The van der Waals surface area contributed by atoms with E-state index in [2.05, 4.69) is 13.5 Å². The van der Waals surface area contributed by atoms with Gasteiger partial charge in [0.05, 0.1) is 7.11 Å². The second-order valence-electron chi connectivity index (χ2n) is 7.35.